The molecule has 0 unspecified atom stereocenters. The van der Waals surface area contributed by atoms with E-state index in [1.165, 1.54) is 12.1 Å². The highest BCUT2D eigenvalue weighted by Crippen LogP contribution is 2.19. The summed E-state index contributed by atoms with van der Waals surface area (Å²) in [5.41, 5.74) is 0.913. The van der Waals surface area contributed by atoms with Gasteiger partial charge in [-0.3, -0.25) is 14.4 Å². The van der Waals surface area contributed by atoms with Crippen LogP contribution in [-0.2, 0) is 10.0 Å². The lowest BCUT2D eigenvalue weighted by atomic mass is 10.1. The van der Waals surface area contributed by atoms with Gasteiger partial charge in [0.1, 0.15) is 0 Å². The van der Waals surface area contributed by atoms with Crippen LogP contribution in [0.4, 0.5) is 5.69 Å². The number of benzene rings is 2. The Labute approximate surface area is 171 Å². The number of sulfonamides is 1. The topological polar surface area (TPSA) is 69.7 Å². The molecule has 0 radical (unpaired) electrons. The normalized spacial score (nSPS) is 15.6. The van der Waals surface area contributed by atoms with Gasteiger partial charge in [-0.05, 0) is 62.4 Å². The van der Waals surface area contributed by atoms with Crippen molar-refractivity contribution in [2.75, 3.05) is 30.9 Å². The molecule has 1 N–H and O–H groups in total. The average molecular weight is 422 g/mol. The number of halogens is 1. The molecule has 0 bridgehead atoms. The predicted molar refractivity (Wildman–Crippen MR) is 111 cm³/mol. The molecule has 0 atom stereocenters. The third-order valence-electron chi connectivity index (χ3n) is 4.84. The van der Waals surface area contributed by atoms with Gasteiger partial charge in [-0.15, -0.1) is 0 Å². The van der Waals surface area contributed by atoms with Gasteiger partial charge in [-0.25, -0.2) is 8.42 Å². The number of hydrogen-bond donors (Lipinski definition) is 1. The average Bonchev–Trinajstić information content (AvgIpc) is 2.69. The molecule has 28 heavy (non-hydrogen) atoms. The second-order valence-corrected chi connectivity index (χ2v) is 9.18. The number of rotatable bonds is 5. The van der Waals surface area contributed by atoms with Crippen molar-refractivity contribution in [2.24, 2.45) is 0 Å². The molecular formula is C20H24ClN3O3S. The minimum atomic E-state index is -3.73. The van der Waals surface area contributed by atoms with Gasteiger partial charge in [0.2, 0.25) is 0 Å². The standard InChI is InChI=1S/C20H24ClN3O3S/c1-15(2)23-11-13-24(14-12-23)20(25)16-3-9-19(10-4-16)28(26,27)22-18-7-5-17(21)6-8-18/h3-10,15,22H,11-14H2,1-2H3. The number of carbonyl (C=O) groups excluding carboxylic acids is 1. The van der Waals surface area contributed by atoms with Crippen molar-refractivity contribution >= 4 is 33.2 Å². The van der Waals surface area contributed by atoms with Crippen molar-refractivity contribution in [3.05, 3.63) is 59.1 Å². The highest BCUT2D eigenvalue weighted by Gasteiger charge is 2.24. The van der Waals surface area contributed by atoms with Gasteiger partial charge in [0.05, 0.1) is 4.90 Å². The Bertz CT molecular complexity index is 920. The van der Waals surface area contributed by atoms with E-state index < -0.39 is 10.0 Å². The molecule has 8 heteroatoms. The molecule has 1 saturated heterocycles. The zero-order valence-corrected chi connectivity index (χ0v) is 17.5. The zero-order valence-electron chi connectivity index (χ0n) is 15.9. The quantitative estimate of drug-likeness (QED) is 0.804. The minimum Gasteiger partial charge on any atom is -0.336 e. The van der Waals surface area contributed by atoms with E-state index in [-0.39, 0.29) is 10.8 Å². The van der Waals surface area contributed by atoms with Crippen molar-refractivity contribution in [1.82, 2.24) is 9.80 Å². The summed E-state index contributed by atoms with van der Waals surface area (Å²) in [5, 5.41) is 0.528. The summed E-state index contributed by atoms with van der Waals surface area (Å²) in [4.78, 5) is 16.9. The monoisotopic (exact) mass is 421 g/mol. The second kappa shape index (κ2) is 8.51. The molecule has 150 valence electrons. The maximum Gasteiger partial charge on any atom is 0.261 e. The van der Waals surface area contributed by atoms with E-state index in [4.69, 9.17) is 11.6 Å². The lowest BCUT2D eigenvalue weighted by molar-refractivity contribution is 0.0595. The number of carbonyl (C=O) groups is 1. The Morgan fingerprint density at radius 3 is 2.07 bits per heavy atom. The maximum atomic E-state index is 12.7. The lowest BCUT2D eigenvalue weighted by Crippen LogP contribution is -2.50. The largest absolute Gasteiger partial charge is 0.336 e. The first-order chi connectivity index (χ1) is 13.3. The smallest absolute Gasteiger partial charge is 0.261 e. The predicted octanol–water partition coefficient (Wildman–Crippen LogP) is 3.31. The van der Waals surface area contributed by atoms with Crippen LogP contribution in [0.15, 0.2) is 53.4 Å². The molecular weight excluding hydrogens is 398 g/mol. The van der Waals surface area contributed by atoms with Crippen LogP contribution in [-0.4, -0.2) is 56.3 Å². The maximum absolute atomic E-state index is 12.7. The van der Waals surface area contributed by atoms with E-state index >= 15 is 0 Å². The molecule has 0 aliphatic carbocycles. The van der Waals surface area contributed by atoms with Crippen LogP contribution in [0.1, 0.15) is 24.2 Å². The van der Waals surface area contributed by atoms with Crippen molar-refractivity contribution in [3.63, 3.8) is 0 Å². The van der Waals surface area contributed by atoms with E-state index in [9.17, 15) is 13.2 Å². The van der Waals surface area contributed by atoms with Gasteiger partial charge in [-0.2, -0.15) is 0 Å². The molecule has 2 aromatic carbocycles. The van der Waals surface area contributed by atoms with Gasteiger partial charge in [0, 0.05) is 48.5 Å². The highest BCUT2D eigenvalue weighted by atomic mass is 35.5. The molecule has 1 amide bonds. The fraction of sp³-hybridized carbons (Fsp3) is 0.350. The molecule has 2 aromatic rings. The first-order valence-electron chi connectivity index (χ1n) is 9.18. The number of nitrogens with one attached hydrogen (secondary N) is 1. The summed E-state index contributed by atoms with van der Waals surface area (Å²) in [7, 11) is -3.73. The Morgan fingerprint density at radius 1 is 0.964 bits per heavy atom. The lowest BCUT2D eigenvalue weighted by Gasteiger charge is -2.37. The van der Waals surface area contributed by atoms with E-state index in [0.717, 1.165) is 13.1 Å². The minimum absolute atomic E-state index is 0.0713. The molecule has 1 heterocycles. The van der Waals surface area contributed by atoms with E-state index in [0.29, 0.717) is 35.4 Å². The number of nitrogens with zero attached hydrogens (tertiary/aromatic N) is 2. The highest BCUT2D eigenvalue weighted by molar-refractivity contribution is 7.92. The van der Waals surface area contributed by atoms with Gasteiger partial charge in [0.15, 0.2) is 0 Å². The molecule has 1 fully saturated rings. The first-order valence-corrected chi connectivity index (χ1v) is 11.0. The van der Waals surface area contributed by atoms with Gasteiger partial charge >= 0.3 is 0 Å². The summed E-state index contributed by atoms with van der Waals surface area (Å²) in [6, 6.07) is 12.9. The molecule has 1 aliphatic rings. The second-order valence-electron chi connectivity index (χ2n) is 7.06. The van der Waals surface area contributed by atoms with Gasteiger partial charge < -0.3 is 4.90 Å². The van der Waals surface area contributed by atoms with Crippen LogP contribution < -0.4 is 4.72 Å². The zero-order chi connectivity index (χ0) is 20.3. The van der Waals surface area contributed by atoms with Crippen LogP contribution in [0.3, 0.4) is 0 Å². The fourth-order valence-corrected chi connectivity index (χ4v) is 4.32. The summed E-state index contributed by atoms with van der Waals surface area (Å²) < 4.78 is 27.6. The van der Waals surface area contributed by atoms with Crippen molar-refractivity contribution in [1.29, 1.82) is 0 Å². The summed E-state index contributed by atoms with van der Waals surface area (Å²) in [6.07, 6.45) is 0. The summed E-state index contributed by atoms with van der Waals surface area (Å²) >= 11 is 5.82. The van der Waals surface area contributed by atoms with Crippen LogP contribution in [0.25, 0.3) is 0 Å². The van der Waals surface area contributed by atoms with Crippen LogP contribution in [0.5, 0.6) is 0 Å². The SMILES string of the molecule is CC(C)N1CCN(C(=O)c2ccc(S(=O)(=O)Nc3ccc(Cl)cc3)cc2)CC1. The molecule has 0 aromatic heterocycles. The number of amides is 1. The van der Waals surface area contributed by atoms with Crippen molar-refractivity contribution in [2.45, 2.75) is 24.8 Å². The van der Waals surface area contributed by atoms with E-state index in [1.54, 1.807) is 36.4 Å². The van der Waals surface area contributed by atoms with Crippen molar-refractivity contribution < 1.29 is 13.2 Å². The number of anilines is 1. The number of hydrogen-bond acceptors (Lipinski definition) is 4. The Balaban J connectivity index is 1.67. The summed E-state index contributed by atoms with van der Waals surface area (Å²) in [6.45, 7) is 7.34. The van der Waals surface area contributed by atoms with Crippen molar-refractivity contribution in [3.8, 4) is 0 Å². The molecule has 0 saturated carbocycles. The first kappa shape index (κ1) is 20.6. The van der Waals surface area contributed by atoms with Crippen LogP contribution in [0.2, 0.25) is 5.02 Å². The summed E-state index contributed by atoms with van der Waals surface area (Å²) in [5.74, 6) is -0.0713. The van der Waals surface area contributed by atoms with E-state index in [1.807, 2.05) is 4.90 Å². The van der Waals surface area contributed by atoms with E-state index in [2.05, 4.69) is 23.5 Å². The van der Waals surface area contributed by atoms with Gasteiger partial charge in [-0.1, -0.05) is 11.6 Å². The molecule has 1 aliphatic heterocycles. The Hall–Kier alpha value is -2.09. The Kier molecular flexibility index (Phi) is 6.27. The molecule has 0 spiro atoms. The van der Waals surface area contributed by atoms with Crippen LogP contribution >= 0.6 is 11.6 Å². The van der Waals surface area contributed by atoms with Gasteiger partial charge in [0.25, 0.3) is 15.9 Å². The van der Waals surface area contributed by atoms with Crippen LogP contribution in [0, 0.1) is 0 Å². The fourth-order valence-electron chi connectivity index (χ4n) is 3.13. The third kappa shape index (κ3) is 4.84. The Morgan fingerprint density at radius 2 is 1.54 bits per heavy atom. The molecule has 6 nitrogen and oxygen atoms in total. The third-order valence-corrected chi connectivity index (χ3v) is 6.49. The number of piperazine rings is 1. The molecule has 3 rings (SSSR count).